The highest BCUT2D eigenvalue weighted by Crippen LogP contribution is 2.44. The summed E-state index contributed by atoms with van der Waals surface area (Å²) >= 11 is 0. The Morgan fingerprint density at radius 3 is 1.75 bits per heavy atom. The maximum absolute atomic E-state index is 14.5. The fourth-order valence-electron chi connectivity index (χ4n) is 6.61. The van der Waals surface area contributed by atoms with Crippen LogP contribution in [-0.2, 0) is 4.74 Å². The zero-order valence-corrected chi connectivity index (χ0v) is 18.4. The van der Waals surface area contributed by atoms with E-state index in [-0.39, 0.29) is 5.92 Å². The molecule has 3 heteroatoms. The molecule has 3 aliphatic rings. The zero-order chi connectivity index (χ0) is 19.9. The first-order valence-electron chi connectivity index (χ1n) is 12.5. The Kier molecular flexibility index (Phi) is 9.06. The van der Waals surface area contributed by atoms with Crippen LogP contribution in [0.1, 0.15) is 104 Å². The van der Waals surface area contributed by atoms with E-state index in [4.69, 9.17) is 4.74 Å². The van der Waals surface area contributed by atoms with Crippen molar-refractivity contribution in [2.45, 2.75) is 122 Å². The average molecular weight is 399 g/mol. The smallest absolute Gasteiger partial charge is 0.157 e. The van der Waals surface area contributed by atoms with Crippen molar-refractivity contribution in [3.05, 3.63) is 0 Å². The summed E-state index contributed by atoms with van der Waals surface area (Å²) in [5, 5.41) is 0. The summed E-state index contributed by atoms with van der Waals surface area (Å²) in [4.78, 5) is 0. The molecule has 4 atom stereocenters. The van der Waals surface area contributed by atoms with E-state index in [1.807, 2.05) is 6.92 Å². The van der Waals surface area contributed by atoms with Gasteiger partial charge in [0.1, 0.15) is 6.17 Å². The molecule has 0 saturated heterocycles. The van der Waals surface area contributed by atoms with Crippen LogP contribution in [0.15, 0.2) is 0 Å². The molecule has 0 aromatic rings. The minimum atomic E-state index is -1.42. The molecule has 0 bridgehead atoms. The number of alkyl halides is 2. The molecule has 3 aliphatic carbocycles. The lowest BCUT2D eigenvalue weighted by Crippen LogP contribution is -2.43. The molecule has 0 N–H and O–H groups in total. The van der Waals surface area contributed by atoms with E-state index in [1.54, 1.807) is 0 Å². The number of rotatable bonds is 8. The third-order valence-corrected chi connectivity index (χ3v) is 8.40. The third kappa shape index (κ3) is 5.92. The van der Waals surface area contributed by atoms with Crippen LogP contribution in [0.4, 0.5) is 8.78 Å². The summed E-state index contributed by atoms with van der Waals surface area (Å²) in [5.41, 5.74) is 0. The van der Waals surface area contributed by atoms with Gasteiger partial charge < -0.3 is 4.74 Å². The van der Waals surface area contributed by atoms with Crippen molar-refractivity contribution in [1.82, 2.24) is 0 Å². The largest absolute Gasteiger partial charge is 0.375 e. The molecule has 3 fully saturated rings. The van der Waals surface area contributed by atoms with Gasteiger partial charge in [-0.15, -0.1) is 0 Å². The van der Waals surface area contributed by atoms with Gasteiger partial charge in [-0.2, -0.15) is 0 Å². The highest BCUT2D eigenvalue weighted by molar-refractivity contribution is 4.90. The van der Waals surface area contributed by atoms with Crippen molar-refractivity contribution in [2.24, 2.45) is 29.6 Å². The van der Waals surface area contributed by atoms with Gasteiger partial charge in [0.15, 0.2) is 6.17 Å². The summed E-state index contributed by atoms with van der Waals surface area (Å²) in [7, 11) is 0. The van der Waals surface area contributed by atoms with E-state index < -0.39 is 18.4 Å². The van der Waals surface area contributed by atoms with Crippen molar-refractivity contribution in [2.75, 3.05) is 6.61 Å². The Bertz CT molecular complexity index is 426. The monoisotopic (exact) mass is 398 g/mol. The fourth-order valence-corrected chi connectivity index (χ4v) is 6.61. The highest BCUT2D eigenvalue weighted by Gasteiger charge is 2.40. The first kappa shape index (κ1) is 22.5. The van der Waals surface area contributed by atoms with Crippen LogP contribution in [-0.4, -0.2) is 25.1 Å². The molecule has 28 heavy (non-hydrogen) atoms. The molecule has 0 aromatic carbocycles. The maximum Gasteiger partial charge on any atom is 0.157 e. The van der Waals surface area contributed by atoms with Gasteiger partial charge in [0.05, 0.1) is 6.10 Å². The van der Waals surface area contributed by atoms with Gasteiger partial charge in [-0.1, -0.05) is 51.9 Å². The second-order valence-corrected chi connectivity index (χ2v) is 10.1. The third-order valence-electron chi connectivity index (χ3n) is 8.40. The van der Waals surface area contributed by atoms with Gasteiger partial charge in [0.2, 0.25) is 0 Å². The van der Waals surface area contributed by atoms with Crippen LogP contribution in [0.2, 0.25) is 0 Å². The van der Waals surface area contributed by atoms with Crippen molar-refractivity contribution < 1.29 is 13.5 Å². The molecule has 0 aliphatic heterocycles. The van der Waals surface area contributed by atoms with Gasteiger partial charge in [0, 0.05) is 6.61 Å². The Balaban J connectivity index is 1.34. The van der Waals surface area contributed by atoms with Crippen LogP contribution < -0.4 is 0 Å². The van der Waals surface area contributed by atoms with Crippen LogP contribution in [0.25, 0.3) is 0 Å². The number of halogens is 2. The second kappa shape index (κ2) is 11.3. The Hall–Kier alpha value is -0.180. The summed E-state index contributed by atoms with van der Waals surface area (Å²) in [6.45, 7) is 4.65. The molecular formula is C25H44F2O. The quantitative estimate of drug-likeness (QED) is 0.407. The molecular weight excluding hydrogens is 354 g/mol. The van der Waals surface area contributed by atoms with Crippen molar-refractivity contribution in [1.29, 1.82) is 0 Å². The molecule has 164 valence electrons. The highest BCUT2D eigenvalue weighted by atomic mass is 19.2. The lowest BCUT2D eigenvalue weighted by Gasteiger charge is -2.39. The summed E-state index contributed by atoms with van der Waals surface area (Å²) in [5.74, 6) is 3.60. The van der Waals surface area contributed by atoms with Crippen LogP contribution in [0, 0.1) is 29.6 Å². The SMILES string of the molecule is CCCC1CCC(C2CCC(CCC3CCC(OCC)C(F)C3F)CC2)CC1. The first-order chi connectivity index (χ1) is 13.6. The Labute approximate surface area is 172 Å². The fraction of sp³-hybridized carbons (Fsp3) is 1.00. The molecule has 0 radical (unpaired) electrons. The van der Waals surface area contributed by atoms with Gasteiger partial charge in [-0.05, 0) is 81.5 Å². The molecule has 3 rings (SSSR count). The van der Waals surface area contributed by atoms with E-state index in [2.05, 4.69) is 6.92 Å². The molecule has 4 unspecified atom stereocenters. The minimum absolute atomic E-state index is 0.0849. The zero-order valence-electron chi connectivity index (χ0n) is 18.4. The van der Waals surface area contributed by atoms with E-state index in [9.17, 15) is 8.78 Å². The van der Waals surface area contributed by atoms with Gasteiger partial charge in [-0.3, -0.25) is 0 Å². The van der Waals surface area contributed by atoms with Crippen LogP contribution in [0.5, 0.6) is 0 Å². The number of hydrogen-bond donors (Lipinski definition) is 0. The Morgan fingerprint density at radius 2 is 1.21 bits per heavy atom. The summed E-state index contributed by atoms with van der Waals surface area (Å²) < 4.78 is 34.2. The minimum Gasteiger partial charge on any atom is -0.375 e. The van der Waals surface area contributed by atoms with E-state index in [0.29, 0.717) is 13.0 Å². The van der Waals surface area contributed by atoms with Crippen molar-refractivity contribution >= 4 is 0 Å². The Morgan fingerprint density at radius 1 is 0.643 bits per heavy atom. The van der Waals surface area contributed by atoms with E-state index >= 15 is 0 Å². The predicted molar refractivity (Wildman–Crippen MR) is 113 cm³/mol. The maximum atomic E-state index is 14.5. The average Bonchev–Trinajstić information content (AvgIpc) is 2.72. The van der Waals surface area contributed by atoms with Crippen LogP contribution in [0.3, 0.4) is 0 Å². The molecule has 0 amide bonds. The van der Waals surface area contributed by atoms with E-state index in [0.717, 1.165) is 42.9 Å². The summed E-state index contributed by atoms with van der Waals surface area (Å²) in [6, 6.07) is 0. The topological polar surface area (TPSA) is 9.23 Å². The van der Waals surface area contributed by atoms with Gasteiger partial charge in [-0.25, -0.2) is 8.78 Å². The normalized spacial score (nSPS) is 42.4. The first-order valence-corrected chi connectivity index (χ1v) is 12.5. The number of hydrogen-bond acceptors (Lipinski definition) is 1. The van der Waals surface area contributed by atoms with E-state index in [1.165, 1.54) is 64.2 Å². The molecule has 0 heterocycles. The molecule has 3 saturated carbocycles. The van der Waals surface area contributed by atoms with Gasteiger partial charge >= 0.3 is 0 Å². The van der Waals surface area contributed by atoms with Crippen molar-refractivity contribution in [3.8, 4) is 0 Å². The van der Waals surface area contributed by atoms with Crippen LogP contribution >= 0.6 is 0 Å². The van der Waals surface area contributed by atoms with Crippen molar-refractivity contribution in [3.63, 3.8) is 0 Å². The second-order valence-electron chi connectivity index (χ2n) is 10.1. The molecule has 0 spiro atoms. The molecule has 0 aromatic heterocycles. The lowest BCUT2D eigenvalue weighted by atomic mass is 9.68. The predicted octanol–water partition coefficient (Wildman–Crippen LogP) is 7.67. The number of ether oxygens (including phenoxy) is 1. The lowest BCUT2D eigenvalue weighted by molar-refractivity contribution is -0.0728. The standard InChI is InChI=1S/C25H44F2O/c1-3-5-18-6-11-20(12-7-18)21-13-8-19(9-14-21)10-15-22-16-17-23(28-4-2)25(27)24(22)26/h18-25H,3-17H2,1-2H3. The summed E-state index contributed by atoms with van der Waals surface area (Å²) in [6.07, 6.45) is 14.2. The van der Waals surface area contributed by atoms with Gasteiger partial charge in [0.25, 0.3) is 0 Å². The molecule has 1 nitrogen and oxygen atoms in total.